The van der Waals surface area contributed by atoms with E-state index in [1.54, 1.807) is 0 Å². The first kappa shape index (κ1) is 19.7. The topological polar surface area (TPSA) is 32.7 Å². The molecule has 4 rings (SSSR count). The van der Waals surface area contributed by atoms with Gasteiger partial charge in [0.05, 0.1) is 6.10 Å². The van der Waals surface area contributed by atoms with Crippen LogP contribution in [0, 0.1) is 0 Å². The molecule has 0 bridgehead atoms. The normalized spacial score (nSPS) is 15.6. The summed E-state index contributed by atoms with van der Waals surface area (Å²) in [7, 11) is 0. The molecule has 1 aliphatic heterocycles. The van der Waals surface area contributed by atoms with Gasteiger partial charge in [0.25, 0.3) is 0 Å². The number of ether oxygens (including phenoxy) is 1. The van der Waals surface area contributed by atoms with Gasteiger partial charge in [-0.15, -0.1) is 0 Å². The lowest BCUT2D eigenvalue weighted by Crippen LogP contribution is -2.32. The SMILES string of the molecule is CC(C)N1CCOc2ccc(C(O)C(c3ccccc3)c3ccccc3)cc2C1. The van der Waals surface area contributed by atoms with Crippen LogP contribution in [0.5, 0.6) is 5.75 Å². The van der Waals surface area contributed by atoms with Crippen molar-refractivity contribution in [3.05, 3.63) is 101 Å². The van der Waals surface area contributed by atoms with Crippen LogP contribution in [0.4, 0.5) is 0 Å². The number of hydrogen-bond donors (Lipinski definition) is 1. The molecule has 3 heteroatoms. The van der Waals surface area contributed by atoms with Crippen LogP contribution in [-0.4, -0.2) is 29.2 Å². The van der Waals surface area contributed by atoms with Crippen molar-refractivity contribution in [2.75, 3.05) is 13.2 Å². The summed E-state index contributed by atoms with van der Waals surface area (Å²) < 4.78 is 5.97. The Hall–Kier alpha value is -2.62. The molecule has 1 unspecified atom stereocenters. The van der Waals surface area contributed by atoms with E-state index >= 15 is 0 Å². The fourth-order valence-corrected chi connectivity index (χ4v) is 4.13. The van der Waals surface area contributed by atoms with Crippen LogP contribution < -0.4 is 4.74 Å². The van der Waals surface area contributed by atoms with Gasteiger partial charge in [0.2, 0.25) is 0 Å². The highest BCUT2D eigenvalue weighted by atomic mass is 16.5. The smallest absolute Gasteiger partial charge is 0.123 e. The van der Waals surface area contributed by atoms with Crippen molar-refractivity contribution in [3.8, 4) is 5.75 Å². The van der Waals surface area contributed by atoms with Gasteiger partial charge in [-0.2, -0.15) is 0 Å². The number of aliphatic hydroxyl groups is 1. The van der Waals surface area contributed by atoms with Crippen LogP contribution in [-0.2, 0) is 6.54 Å². The van der Waals surface area contributed by atoms with Crippen LogP contribution >= 0.6 is 0 Å². The predicted octanol–water partition coefficient (Wildman–Crippen LogP) is 5.15. The van der Waals surface area contributed by atoms with Crippen LogP contribution in [0.25, 0.3) is 0 Å². The van der Waals surface area contributed by atoms with Crippen LogP contribution in [0.3, 0.4) is 0 Å². The number of nitrogens with zero attached hydrogens (tertiary/aromatic N) is 1. The van der Waals surface area contributed by atoms with E-state index in [1.165, 1.54) is 0 Å². The van der Waals surface area contributed by atoms with Crippen molar-refractivity contribution in [2.24, 2.45) is 0 Å². The molecule has 0 spiro atoms. The molecule has 0 saturated heterocycles. The molecule has 3 aromatic rings. The van der Waals surface area contributed by atoms with Crippen molar-refractivity contribution in [2.45, 2.75) is 38.5 Å². The van der Waals surface area contributed by atoms with Crippen LogP contribution in [0.1, 0.15) is 48.1 Å². The van der Waals surface area contributed by atoms with Gasteiger partial charge < -0.3 is 9.84 Å². The number of aliphatic hydroxyl groups excluding tert-OH is 1. The molecule has 0 aliphatic carbocycles. The molecule has 0 saturated carbocycles. The molecule has 150 valence electrons. The molecule has 0 amide bonds. The first-order valence-corrected chi connectivity index (χ1v) is 10.4. The average molecular weight is 388 g/mol. The van der Waals surface area contributed by atoms with Crippen molar-refractivity contribution in [3.63, 3.8) is 0 Å². The Labute approximate surface area is 173 Å². The molecule has 1 atom stereocenters. The first-order chi connectivity index (χ1) is 14.1. The van der Waals surface area contributed by atoms with E-state index < -0.39 is 6.10 Å². The monoisotopic (exact) mass is 387 g/mol. The van der Waals surface area contributed by atoms with Gasteiger partial charge >= 0.3 is 0 Å². The lowest BCUT2D eigenvalue weighted by molar-refractivity contribution is 0.159. The maximum Gasteiger partial charge on any atom is 0.123 e. The number of rotatable bonds is 5. The van der Waals surface area contributed by atoms with Crippen LogP contribution in [0.2, 0.25) is 0 Å². The maximum absolute atomic E-state index is 11.5. The summed E-state index contributed by atoms with van der Waals surface area (Å²) in [5.41, 5.74) is 4.30. The van der Waals surface area contributed by atoms with E-state index in [9.17, 15) is 5.11 Å². The van der Waals surface area contributed by atoms with E-state index in [2.05, 4.69) is 49.1 Å². The number of hydrogen-bond acceptors (Lipinski definition) is 3. The summed E-state index contributed by atoms with van der Waals surface area (Å²) in [6.45, 7) is 6.88. The van der Waals surface area contributed by atoms with E-state index in [-0.39, 0.29) is 5.92 Å². The van der Waals surface area contributed by atoms with Crippen molar-refractivity contribution in [1.29, 1.82) is 0 Å². The third-order valence-electron chi connectivity index (χ3n) is 5.80. The molecule has 1 N–H and O–H groups in total. The average Bonchev–Trinajstić information content (AvgIpc) is 2.97. The fraction of sp³-hybridized carbons (Fsp3) is 0.308. The zero-order valence-electron chi connectivity index (χ0n) is 17.2. The summed E-state index contributed by atoms with van der Waals surface area (Å²) in [5.74, 6) is 0.809. The van der Waals surface area contributed by atoms with Gasteiger partial charge in [-0.25, -0.2) is 0 Å². The Balaban J connectivity index is 1.71. The van der Waals surface area contributed by atoms with Gasteiger partial charge in [-0.3, -0.25) is 4.90 Å². The second-order valence-corrected chi connectivity index (χ2v) is 8.02. The number of benzene rings is 3. The maximum atomic E-state index is 11.5. The second-order valence-electron chi connectivity index (χ2n) is 8.02. The largest absolute Gasteiger partial charge is 0.492 e. The van der Waals surface area contributed by atoms with Crippen LogP contribution in [0.15, 0.2) is 78.9 Å². The van der Waals surface area contributed by atoms with Gasteiger partial charge in [0, 0.05) is 30.6 Å². The molecular weight excluding hydrogens is 358 g/mol. The van der Waals surface area contributed by atoms with E-state index in [4.69, 9.17) is 4.74 Å². The minimum absolute atomic E-state index is 0.122. The zero-order chi connectivity index (χ0) is 20.2. The Bertz CT molecular complexity index is 884. The first-order valence-electron chi connectivity index (χ1n) is 10.4. The standard InChI is InChI=1S/C26H29NO2/c1-19(2)27-15-16-29-24-14-13-22(17-23(24)18-27)26(28)25(20-9-5-3-6-10-20)21-11-7-4-8-12-21/h3-14,17,19,25-26,28H,15-16,18H2,1-2H3. The van der Waals surface area contributed by atoms with Gasteiger partial charge in [-0.1, -0.05) is 66.7 Å². The fourth-order valence-electron chi connectivity index (χ4n) is 4.13. The summed E-state index contributed by atoms with van der Waals surface area (Å²) >= 11 is 0. The van der Waals surface area contributed by atoms with E-state index in [0.29, 0.717) is 12.6 Å². The summed E-state index contributed by atoms with van der Waals surface area (Å²) in [6.07, 6.45) is -0.638. The third kappa shape index (κ3) is 4.36. The lowest BCUT2D eigenvalue weighted by Gasteiger charge is -2.26. The molecule has 0 fully saturated rings. The van der Waals surface area contributed by atoms with E-state index in [0.717, 1.165) is 41.1 Å². The lowest BCUT2D eigenvalue weighted by atomic mass is 9.83. The van der Waals surface area contributed by atoms with E-state index in [1.807, 2.05) is 48.5 Å². The molecular formula is C26H29NO2. The summed E-state index contributed by atoms with van der Waals surface area (Å²) in [4.78, 5) is 2.41. The number of fused-ring (bicyclic) bond motifs is 1. The quantitative estimate of drug-likeness (QED) is 0.657. The van der Waals surface area contributed by atoms with Crippen molar-refractivity contribution >= 4 is 0 Å². The Morgan fingerprint density at radius 3 is 2.03 bits per heavy atom. The Kier molecular flexibility index (Phi) is 5.98. The minimum Gasteiger partial charge on any atom is -0.492 e. The molecule has 29 heavy (non-hydrogen) atoms. The molecule has 0 radical (unpaired) electrons. The van der Waals surface area contributed by atoms with Crippen molar-refractivity contribution in [1.82, 2.24) is 4.90 Å². The molecule has 3 nitrogen and oxygen atoms in total. The zero-order valence-corrected chi connectivity index (χ0v) is 17.2. The van der Waals surface area contributed by atoms with Gasteiger partial charge in [0.1, 0.15) is 12.4 Å². The summed E-state index contributed by atoms with van der Waals surface area (Å²) in [5, 5.41) is 11.5. The minimum atomic E-state index is -0.638. The molecule has 1 aliphatic rings. The molecule has 3 aromatic carbocycles. The van der Waals surface area contributed by atoms with Crippen molar-refractivity contribution < 1.29 is 9.84 Å². The highest BCUT2D eigenvalue weighted by Crippen LogP contribution is 2.38. The Morgan fingerprint density at radius 1 is 0.828 bits per heavy atom. The highest BCUT2D eigenvalue weighted by molar-refractivity contribution is 5.42. The third-order valence-corrected chi connectivity index (χ3v) is 5.80. The second kappa shape index (κ2) is 8.81. The molecule has 1 heterocycles. The predicted molar refractivity (Wildman–Crippen MR) is 117 cm³/mol. The molecule has 0 aromatic heterocycles. The van der Waals surface area contributed by atoms with Gasteiger partial charge in [-0.05, 0) is 42.7 Å². The summed E-state index contributed by atoms with van der Waals surface area (Å²) in [6, 6.07) is 27.1. The Morgan fingerprint density at radius 2 is 1.45 bits per heavy atom. The van der Waals surface area contributed by atoms with Gasteiger partial charge in [0.15, 0.2) is 0 Å². The highest BCUT2D eigenvalue weighted by Gasteiger charge is 2.26.